The molecular weight excluding hydrogens is 316 g/mol. The Morgan fingerprint density at radius 2 is 2.16 bits per heavy atom. The van der Waals surface area contributed by atoms with Gasteiger partial charge in [0, 0.05) is 25.5 Å². The molecule has 0 spiro atoms. The van der Waals surface area contributed by atoms with E-state index in [9.17, 15) is 4.79 Å². The largest absolute Gasteiger partial charge is 0.496 e. The smallest absolute Gasteiger partial charge is 0.242 e. The number of nitrogens with one attached hydrogen (secondary N) is 1. The second-order valence-corrected chi connectivity index (χ2v) is 6.26. The van der Waals surface area contributed by atoms with Crippen LogP contribution in [0.2, 0.25) is 0 Å². The van der Waals surface area contributed by atoms with Gasteiger partial charge >= 0.3 is 0 Å². The summed E-state index contributed by atoms with van der Waals surface area (Å²) >= 11 is 0. The van der Waals surface area contributed by atoms with Crippen LogP contribution in [0.25, 0.3) is 0 Å². The van der Waals surface area contributed by atoms with Crippen LogP contribution in [0.15, 0.2) is 36.7 Å². The lowest BCUT2D eigenvalue weighted by Gasteiger charge is -2.23. The number of nitrogens with zero attached hydrogens (tertiary/aromatic N) is 3. The van der Waals surface area contributed by atoms with Gasteiger partial charge in [-0.25, -0.2) is 9.97 Å². The molecule has 1 atom stereocenters. The summed E-state index contributed by atoms with van der Waals surface area (Å²) in [5.74, 6) is 1.53. The van der Waals surface area contributed by atoms with E-state index in [0.29, 0.717) is 12.5 Å². The summed E-state index contributed by atoms with van der Waals surface area (Å²) in [6, 6.07) is 7.69. The molecule has 0 aliphatic carbocycles. The Kier molecular flexibility index (Phi) is 5.48. The minimum Gasteiger partial charge on any atom is -0.496 e. The number of aromatic nitrogens is 2. The van der Waals surface area contributed by atoms with E-state index < -0.39 is 0 Å². The van der Waals surface area contributed by atoms with Crippen molar-refractivity contribution in [1.29, 1.82) is 0 Å². The van der Waals surface area contributed by atoms with Crippen LogP contribution >= 0.6 is 0 Å². The van der Waals surface area contributed by atoms with Gasteiger partial charge in [0.05, 0.1) is 7.11 Å². The third-order valence-corrected chi connectivity index (χ3v) is 4.49. The maximum absolute atomic E-state index is 12.6. The molecule has 1 saturated heterocycles. The predicted octanol–water partition coefficient (Wildman–Crippen LogP) is 2.12. The van der Waals surface area contributed by atoms with E-state index in [1.165, 1.54) is 5.56 Å². The minimum absolute atomic E-state index is 0.0385. The van der Waals surface area contributed by atoms with E-state index in [-0.39, 0.29) is 11.9 Å². The minimum atomic E-state index is -0.193. The molecular formula is C19H24N4O2. The standard InChI is InChI=1S/C19H24N4O2/c1-14-6-7-17(25-2)15(13-14)8-11-20-18(24)16-5-3-12-23(16)19-21-9-4-10-22-19/h4,6-7,9-10,13,16H,3,5,8,11-12H2,1-2H3,(H,20,24). The van der Waals surface area contributed by atoms with E-state index in [0.717, 1.165) is 37.1 Å². The maximum atomic E-state index is 12.6. The molecule has 1 fully saturated rings. The number of ether oxygens (including phenoxy) is 1. The number of aryl methyl sites for hydroxylation is 1. The zero-order chi connectivity index (χ0) is 17.6. The Morgan fingerprint density at radius 1 is 1.36 bits per heavy atom. The summed E-state index contributed by atoms with van der Waals surface area (Å²) in [6.45, 7) is 3.45. The number of anilines is 1. The number of hydrogen-bond acceptors (Lipinski definition) is 5. The molecule has 25 heavy (non-hydrogen) atoms. The first kappa shape index (κ1) is 17.2. The monoisotopic (exact) mass is 340 g/mol. The van der Waals surface area contributed by atoms with Gasteiger partial charge in [0.25, 0.3) is 0 Å². The van der Waals surface area contributed by atoms with Crippen molar-refractivity contribution in [2.24, 2.45) is 0 Å². The topological polar surface area (TPSA) is 67.3 Å². The predicted molar refractivity (Wildman–Crippen MR) is 96.8 cm³/mol. The Bertz CT molecular complexity index is 721. The zero-order valence-electron chi connectivity index (χ0n) is 14.7. The summed E-state index contributed by atoms with van der Waals surface area (Å²) in [7, 11) is 1.67. The highest BCUT2D eigenvalue weighted by Crippen LogP contribution is 2.22. The molecule has 2 aromatic rings. The van der Waals surface area contributed by atoms with E-state index in [2.05, 4.69) is 28.3 Å². The first-order valence-corrected chi connectivity index (χ1v) is 8.64. The van der Waals surface area contributed by atoms with Gasteiger partial charge in [0.15, 0.2) is 0 Å². The summed E-state index contributed by atoms with van der Waals surface area (Å²) in [5, 5.41) is 3.05. The van der Waals surface area contributed by atoms with Crippen LogP contribution in [0.1, 0.15) is 24.0 Å². The number of amides is 1. The average Bonchev–Trinajstić information content (AvgIpc) is 3.12. The second kappa shape index (κ2) is 7.96. The first-order valence-electron chi connectivity index (χ1n) is 8.64. The fraction of sp³-hybridized carbons (Fsp3) is 0.421. The quantitative estimate of drug-likeness (QED) is 0.872. The molecule has 1 unspecified atom stereocenters. The van der Waals surface area contributed by atoms with Gasteiger partial charge in [-0.15, -0.1) is 0 Å². The molecule has 1 aromatic heterocycles. The van der Waals surface area contributed by atoms with Crippen LogP contribution in [0, 0.1) is 6.92 Å². The van der Waals surface area contributed by atoms with Gasteiger partial charge in [-0.3, -0.25) is 4.79 Å². The SMILES string of the molecule is COc1ccc(C)cc1CCNC(=O)C1CCCN1c1ncccn1. The Hall–Kier alpha value is -2.63. The maximum Gasteiger partial charge on any atom is 0.242 e. The highest BCUT2D eigenvalue weighted by molar-refractivity contribution is 5.85. The lowest BCUT2D eigenvalue weighted by Crippen LogP contribution is -2.44. The molecule has 1 aliphatic heterocycles. The van der Waals surface area contributed by atoms with E-state index in [4.69, 9.17) is 4.74 Å². The number of rotatable bonds is 6. The average molecular weight is 340 g/mol. The third kappa shape index (κ3) is 4.07. The van der Waals surface area contributed by atoms with E-state index >= 15 is 0 Å². The van der Waals surface area contributed by atoms with Crippen LogP contribution in [0.5, 0.6) is 5.75 Å². The summed E-state index contributed by atoms with van der Waals surface area (Å²) < 4.78 is 5.40. The van der Waals surface area contributed by atoms with Gasteiger partial charge in [-0.1, -0.05) is 17.7 Å². The second-order valence-electron chi connectivity index (χ2n) is 6.26. The van der Waals surface area contributed by atoms with Crippen molar-refractivity contribution >= 4 is 11.9 Å². The first-order chi connectivity index (χ1) is 12.2. The van der Waals surface area contributed by atoms with Crippen molar-refractivity contribution in [3.8, 4) is 5.75 Å². The Balaban J connectivity index is 1.58. The molecule has 1 aromatic carbocycles. The van der Waals surface area contributed by atoms with Crippen LogP contribution in [0.4, 0.5) is 5.95 Å². The highest BCUT2D eigenvalue weighted by atomic mass is 16.5. The third-order valence-electron chi connectivity index (χ3n) is 4.49. The summed E-state index contributed by atoms with van der Waals surface area (Å²) in [4.78, 5) is 23.1. The van der Waals surface area contributed by atoms with Gasteiger partial charge in [-0.05, 0) is 43.9 Å². The van der Waals surface area contributed by atoms with Crippen LogP contribution in [0.3, 0.4) is 0 Å². The van der Waals surface area contributed by atoms with Crippen molar-refractivity contribution in [1.82, 2.24) is 15.3 Å². The number of carbonyl (C=O) groups is 1. The van der Waals surface area contributed by atoms with Crippen molar-refractivity contribution in [3.05, 3.63) is 47.8 Å². The fourth-order valence-electron chi connectivity index (χ4n) is 3.26. The molecule has 1 N–H and O–H groups in total. The number of benzene rings is 1. The lowest BCUT2D eigenvalue weighted by molar-refractivity contribution is -0.122. The molecule has 0 bridgehead atoms. The molecule has 0 radical (unpaired) electrons. The van der Waals surface area contributed by atoms with Gasteiger partial charge < -0.3 is 15.0 Å². The molecule has 132 valence electrons. The number of methoxy groups -OCH3 is 1. The van der Waals surface area contributed by atoms with Crippen LogP contribution in [-0.2, 0) is 11.2 Å². The molecule has 0 saturated carbocycles. The van der Waals surface area contributed by atoms with Crippen molar-refractivity contribution in [3.63, 3.8) is 0 Å². The molecule has 3 rings (SSSR count). The fourth-order valence-corrected chi connectivity index (χ4v) is 3.26. The van der Waals surface area contributed by atoms with Gasteiger partial charge in [0.1, 0.15) is 11.8 Å². The number of hydrogen-bond donors (Lipinski definition) is 1. The summed E-state index contributed by atoms with van der Waals surface area (Å²) in [6.07, 6.45) is 5.96. The van der Waals surface area contributed by atoms with Gasteiger partial charge in [-0.2, -0.15) is 0 Å². The van der Waals surface area contributed by atoms with Gasteiger partial charge in [0.2, 0.25) is 11.9 Å². The van der Waals surface area contributed by atoms with Crippen molar-refractivity contribution in [2.75, 3.05) is 25.1 Å². The van der Waals surface area contributed by atoms with E-state index in [1.807, 2.05) is 17.0 Å². The molecule has 6 nitrogen and oxygen atoms in total. The molecule has 1 amide bonds. The Morgan fingerprint density at radius 3 is 2.92 bits per heavy atom. The molecule has 1 aliphatic rings. The van der Waals surface area contributed by atoms with Crippen molar-refractivity contribution in [2.45, 2.75) is 32.2 Å². The number of carbonyl (C=O) groups excluding carboxylic acids is 1. The normalized spacial score (nSPS) is 16.7. The Labute approximate surface area is 148 Å². The van der Waals surface area contributed by atoms with Crippen molar-refractivity contribution < 1.29 is 9.53 Å². The zero-order valence-corrected chi connectivity index (χ0v) is 14.7. The molecule has 6 heteroatoms. The lowest BCUT2D eigenvalue weighted by atomic mass is 10.1. The van der Waals surface area contributed by atoms with Crippen LogP contribution in [-0.4, -0.2) is 42.1 Å². The van der Waals surface area contributed by atoms with E-state index in [1.54, 1.807) is 25.6 Å². The van der Waals surface area contributed by atoms with Crippen LogP contribution < -0.4 is 15.0 Å². The molecule has 2 heterocycles. The summed E-state index contributed by atoms with van der Waals surface area (Å²) in [5.41, 5.74) is 2.29. The highest BCUT2D eigenvalue weighted by Gasteiger charge is 2.32.